The van der Waals surface area contributed by atoms with Crippen molar-refractivity contribution in [3.05, 3.63) is 32.7 Å². The highest BCUT2D eigenvalue weighted by atomic mass is 79.9. The van der Waals surface area contributed by atoms with Gasteiger partial charge in [-0.2, -0.15) is 5.26 Å². The van der Waals surface area contributed by atoms with Crippen molar-refractivity contribution in [2.24, 2.45) is 0 Å². The van der Waals surface area contributed by atoms with Crippen molar-refractivity contribution in [3.8, 4) is 6.07 Å². The van der Waals surface area contributed by atoms with Crippen LogP contribution in [0.1, 0.15) is 30.6 Å². The Labute approximate surface area is 124 Å². The van der Waals surface area contributed by atoms with E-state index in [-0.39, 0.29) is 11.9 Å². The second-order valence-electron chi connectivity index (χ2n) is 4.16. The van der Waals surface area contributed by atoms with Gasteiger partial charge in [-0.25, -0.2) is 0 Å². The topological polar surface area (TPSA) is 44.1 Å². The van der Waals surface area contributed by atoms with Crippen LogP contribution in [0.25, 0.3) is 0 Å². The lowest BCUT2D eigenvalue weighted by Crippen LogP contribution is -2.37. The lowest BCUT2D eigenvalue weighted by molar-refractivity contribution is 0.0710. The first-order valence-electron chi connectivity index (χ1n) is 5.59. The van der Waals surface area contributed by atoms with Crippen LogP contribution in [-0.4, -0.2) is 23.4 Å². The van der Waals surface area contributed by atoms with Gasteiger partial charge in [-0.1, -0.05) is 31.9 Å². The third-order valence-electron chi connectivity index (χ3n) is 2.46. The van der Waals surface area contributed by atoms with Gasteiger partial charge in [0, 0.05) is 27.1 Å². The highest BCUT2D eigenvalue weighted by molar-refractivity contribution is 9.11. The molecule has 18 heavy (non-hydrogen) atoms. The second-order valence-corrected chi connectivity index (χ2v) is 5.99. The number of nitrogens with zero attached hydrogens (tertiary/aromatic N) is 2. The molecular weight excluding hydrogens is 360 g/mol. The van der Waals surface area contributed by atoms with Gasteiger partial charge >= 0.3 is 0 Å². The first-order chi connectivity index (χ1) is 8.45. The molecule has 0 bridgehead atoms. The van der Waals surface area contributed by atoms with E-state index >= 15 is 0 Å². The van der Waals surface area contributed by atoms with Gasteiger partial charge in [-0.05, 0) is 32.0 Å². The van der Waals surface area contributed by atoms with Crippen molar-refractivity contribution in [2.75, 3.05) is 6.54 Å². The highest BCUT2D eigenvalue weighted by Gasteiger charge is 2.18. The zero-order valence-electron chi connectivity index (χ0n) is 10.3. The molecule has 1 aromatic carbocycles. The molecule has 0 aliphatic heterocycles. The maximum Gasteiger partial charge on any atom is 0.254 e. The summed E-state index contributed by atoms with van der Waals surface area (Å²) < 4.78 is 1.70. The summed E-state index contributed by atoms with van der Waals surface area (Å²) in [5, 5.41) is 8.63. The molecule has 1 aromatic rings. The number of hydrogen-bond donors (Lipinski definition) is 0. The Balaban J connectivity index is 2.98. The fraction of sp³-hybridized carbons (Fsp3) is 0.385. The number of halogens is 2. The molecule has 0 saturated carbocycles. The summed E-state index contributed by atoms with van der Waals surface area (Å²) in [6.07, 6.45) is 0.346. The van der Waals surface area contributed by atoms with Gasteiger partial charge in [0.15, 0.2) is 0 Å². The zero-order valence-corrected chi connectivity index (χ0v) is 13.5. The first kappa shape index (κ1) is 15.2. The van der Waals surface area contributed by atoms with E-state index in [2.05, 4.69) is 37.9 Å². The van der Waals surface area contributed by atoms with Crippen molar-refractivity contribution in [3.63, 3.8) is 0 Å². The maximum absolute atomic E-state index is 12.4. The number of carbonyl (C=O) groups is 1. The Morgan fingerprint density at radius 2 is 1.89 bits per heavy atom. The molecule has 0 heterocycles. The van der Waals surface area contributed by atoms with Gasteiger partial charge in [0.1, 0.15) is 0 Å². The minimum atomic E-state index is -0.0535. The maximum atomic E-state index is 12.4. The van der Waals surface area contributed by atoms with E-state index in [1.165, 1.54) is 0 Å². The van der Waals surface area contributed by atoms with Crippen molar-refractivity contribution in [1.29, 1.82) is 5.26 Å². The predicted molar refractivity (Wildman–Crippen MR) is 78.2 cm³/mol. The molecule has 0 saturated heterocycles. The van der Waals surface area contributed by atoms with Crippen LogP contribution in [-0.2, 0) is 0 Å². The minimum absolute atomic E-state index is 0.0535. The number of hydrogen-bond acceptors (Lipinski definition) is 2. The first-order valence-corrected chi connectivity index (χ1v) is 7.18. The van der Waals surface area contributed by atoms with Crippen molar-refractivity contribution >= 4 is 37.8 Å². The average molecular weight is 374 g/mol. The third kappa shape index (κ3) is 4.11. The molecule has 0 atom stereocenters. The van der Waals surface area contributed by atoms with Crippen molar-refractivity contribution < 1.29 is 4.79 Å². The van der Waals surface area contributed by atoms with E-state index in [0.717, 1.165) is 8.95 Å². The summed E-state index contributed by atoms with van der Waals surface area (Å²) in [6, 6.07) is 7.60. The van der Waals surface area contributed by atoms with E-state index in [9.17, 15) is 4.79 Å². The van der Waals surface area contributed by atoms with E-state index < -0.39 is 0 Å². The smallest absolute Gasteiger partial charge is 0.254 e. The van der Waals surface area contributed by atoms with Crippen molar-refractivity contribution in [1.82, 2.24) is 4.90 Å². The Kier molecular flexibility index (Phi) is 5.83. The summed E-state index contributed by atoms with van der Waals surface area (Å²) in [4.78, 5) is 14.1. The van der Waals surface area contributed by atoms with E-state index in [4.69, 9.17) is 5.26 Å². The van der Waals surface area contributed by atoms with E-state index in [1.54, 1.807) is 17.0 Å². The number of nitriles is 1. The lowest BCUT2D eigenvalue weighted by atomic mass is 10.1. The molecule has 3 nitrogen and oxygen atoms in total. The van der Waals surface area contributed by atoms with Crippen molar-refractivity contribution in [2.45, 2.75) is 26.3 Å². The summed E-state index contributed by atoms with van der Waals surface area (Å²) in [6.45, 7) is 4.35. The summed E-state index contributed by atoms with van der Waals surface area (Å²) in [7, 11) is 0. The highest BCUT2D eigenvalue weighted by Crippen LogP contribution is 2.21. The number of rotatable bonds is 4. The molecule has 0 spiro atoms. The predicted octanol–water partition coefficient (Wildman–Crippen LogP) is 3.98. The molecule has 96 valence electrons. The molecule has 0 fully saturated rings. The molecule has 1 amide bonds. The largest absolute Gasteiger partial charge is 0.335 e. The summed E-state index contributed by atoms with van der Waals surface area (Å²) in [5.41, 5.74) is 0.614. The SMILES string of the molecule is CC(C)N(CCC#N)C(=O)c1cc(Br)cc(Br)c1. The van der Waals surface area contributed by atoms with Gasteiger partial charge in [0.05, 0.1) is 12.5 Å². The van der Waals surface area contributed by atoms with E-state index in [0.29, 0.717) is 18.5 Å². The average Bonchev–Trinajstić information content (AvgIpc) is 2.27. The van der Waals surface area contributed by atoms with Gasteiger partial charge in [-0.3, -0.25) is 4.79 Å². The number of carbonyl (C=O) groups excluding carboxylic acids is 1. The van der Waals surface area contributed by atoms with Crippen LogP contribution in [0.4, 0.5) is 0 Å². The fourth-order valence-electron chi connectivity index (χ4n) is 1.61. The van der Waals surface area contributed by atoms with Gasteiger partial charge in [0.25, 0.3) is 5.91 Å². The molecule has 0 aliphatic carbocycles. The van der Waals surface area contributed by atoms with E-state index in [1.807, 2.05) is 19.9 Å². The summed E-state index contributed by atoms with van der Waals surface area (Å²) >= 11 is 6.73. The Morgan fingerprint density at radius 1 is 1.33 bits per heavy atom. The minimum Gasteiger partial charge on any atom is -0.335 e. The number of benzene rings is 1. The molecule has 5 heteroatoms. The van der Waals surface area contributed by atoms with Crippen LogP contribution < -0.4 is 0 Å². The van der Waals surface area contributed by atoms with Gasteiger partial charge in [0.2, 0.25) is 0 Å². The summed E-state index contributed by atoms with van der Waals surface area (Å²) in [5.74, 6) is -0.0535. The van der Waals surface area contributed by atoms with Crippen LogP contribution in [0.3, 0.4) is 0 Å². The van der Waals surface area contributed by atoms with Crippen LogP contribution >= 0.6 is 31.9 Å². The monoisotopic (exact) mass is 372 g/mol. The molecule has 0 N–H and O–H groups in total. The van der Waals surface area contributed by atoms with Crippen LogP contribution in [0, 0.1) is 11.3 Å². The molecular formula is C13H14Br2N2O. The molecule has 0 aliphatic rings. The van der Waals surface area contributed by atoms with Crippen LogP contribution in [0.15, 0.2) is 27.1 Å². The van der Waals surface area contributed by atoms with Crippen LogP contribution in [0.5, 0.6) is 0 Å². The fourth-order valence-corrected chi connectivity index (χ4v) is 2.90. The zero-order chi connectivity index (χ0) is 13.7. The normalized spacial score (nSPS) is 10.2. The Morgan fingerprint density at radius 3 is 2.33 bits per heavy atom. The quantitative estimate of drug-likeness (QED) is 0.801. The molecule has 1 rings (SSSR count). The molecule has 0 unspecified atom stereocenters. The number of amides is 1. The molecule has 0 aromatic heterocycles. The van der Waals surface area contributed by atoms with Crippen LogP contribution in [0.2, 0.25) is 0 Å². The third-order valence-corrected chi connectivity index (χ3v) is 3.37. The van der Waals surface area contributed by atoms with Gasteiger partial charge in [-0.15, -0.1) is 0 Å². The Hall–Kier alpha value is -0.860. The standard InChI is InChI=1S/C13H14Br2N2O/c1-9(2)17(5-3-4-16)13(18)10-6-11(14)8-12(15)7-10/h6-9H,3,5H2,1-2H3. The molecule has 0 radical (unpaired) electrons. The van der Waals surface area contributed by atoms with Gasteiger partial charge < -0.3 is 4.90 Å². The Bertz CT molecular complexity index is 460. The lowest BCUT2D eigenvalue weighted by Gasteiger charge is -2.26. The second kappa shape index (κ2) is 6.91.